The van der Waals surface area contributed by atoms with Gasteiger partial charge in [-0.3, -0.25) is 0 Å². The van der Waals surface area contributed by atoms with E-state index in [1.165, 1.54) is 48.5 Å². The normalized spacial score (nSPS) is 12.5. The second kappa shape index (κ2) is 6.98. The average molecular weight is 374 g/mol. The summed E-state index contributed by atoms with van der Waals surface area (Å²) < 4.78 is 69.6. The highest BCUT2D eigenvalue weighted by Crippen LogP contribution is 2.20. The van der Waals surface area contributed by atoms with Crippen molar-refractivity contribution in [1.29, 1.82) is 0 Å². The molecule has 2 aromatic rings. The largest absolute Gasteiger partial charge is 0.338 e. The van der Waals surface area contributed by atoms with E-state index in [-0.39, 0.29) is 9.79 Å². The van der Waals surface area contributed by atoms with Crippen LogP contribution in [-0.4, -0.2) is 23.4 Å². The molecule has 0 amide bonds. The van der Waals surface area contributed by atoms with E-state index >= 15 is 0 Å². The van der Waals surface area contributed by atoms with E-state index in [2.05, 4.69) is 8.37 Å². The van der Waals surface area contributed by atoms with Crippen LogP contribution in [0.1, 0.15) is 11.1 Å². The molecule has 0 N–H and O–H groups in total. The topological polar surface area (TPSA) is 86.7 Å². The maximum atomic E-state index is 13.7. The Balaban J connectivity index is 2.13. The first kappa shape index (κ1) is 18.5. The minimum Gasteiger partial charge on any atom is -0.202 e. The van der Waals surface area contributed by atoms with E-state index in [1.807, 2.05) is 0 Å². The third-order valence-electron chi connectivity index (χ3n) is 3.02. The van der Waals surface area contributed by atoms with Crippen molar-refractivity contribution in [2.75, 3.05) is 0 Å². The van der Waals surface area contributed by atoms with E-state index < -0.39 is 26.8 Å². The Labute approximate surface area is 140 Å². The molecule has 0 heterocycles. The molecule has 130 valence electrons. The van der Waals surface area contributed by atoms with Crippen LogP contribution in [0.5, 0.6) is 0 Å². The van der Waals surface area contributed by atoms with Crippen molar-refractivity contribution in [3.63, 3.8) is 0 Å². The fourth-order valence-corrected chi connectivity index (χ4v) is 3.42. The summed E-state index contributed by atoms with van der Waals surface area (Å²) in [6.45, 7) is 0.487. The van der Waals surface area contributed by atoms with Gasteiger partial charge in [0, 0.05) is 0 Å². The molecule has 2 aromatic carbocycles. The van der Waals surface area contributed by atoms with Crippen LogP contribution in [0.3, 0.4) is 0 Å². The molecule has 0 saturated heterocycles. The fraction of sp³-hybridized carbons (Fsp3) is 0.200. The van der Waals surface area contributed by atoms with Crippen molar-refractivity contribution < 1.29 is 29.6 Å². The van der Waals surface area contributed by atoms with Crippen LogP contribution in [0.2, 0.25) is 0 Å². The summed E-state index contributed by atoms with van der Waals surface area (Å²) >= 11 is 0. The van der Waals surface area contributed by atoms with Crippen molar-refractivity contribution >= 4 is 20.2 Å². The minimum atomic E-state index is -4.50. The number of aryl methyl sites for hydroxylation is 2. The van der Waals surface area contributed by atoms with Gasteiger partial charge in [0.05, 0.1) is 9.79 Å². The second-order valence-corrected chi connectivity index (χ2v) is 8.15. The van der Waals surface area contributed by atoms with Crippen LogP contribution in [0.4, 0.5) is 4.39 Å². The van der Waals surface area contributed by atoms with Gasteiger partial charge in [-0.25, -0.2) is 8.37 Å². The molecule has 0 aromatic heterocycles. The van der Waals surface area contributed by atoms with Crippen LogP contribution in [0, 0.1) is 13.8 Å². The van der Waals surface area contributed by atoms with Crippen molar-refractivity contribution in [2.45, 2.75) is 30.2 Å². The molecule has 0 aliphatic heterocycles. The number of benzene rings is 2. The lowest BCUT2D eigenvalue weighted by Crippen LogP contribution is -2.21. The predicted molar refractivity (Wildman–Crippen MR) is 83.8 cm³/mol. The highest BCUT2D eigenvalue weighted by molar-refractivity contribution is 7.87. The van der Waals surface area contributed by atoms with Gasteiger partial charge in [-0.05, 0) is 38.1 Å². The summed E-state index contributed by atoms with van der Waals surface area (Å²) in [5.74, 6) is 0. The molecule has 2 rings (SSSR count). The average Bonchev–Trinajstić information content (AvgIpc) is 2.46. The number of rotatable bonds is 6. The number of hydrogen-bond acceptors (Lipinski definition) is 6. The van der Waals surface area contributed by atoms with E-state index in [1.54, 1.807) is 13.8 Å². The van der Waals surface area contributed by atoms with Crippen LogP contribution in [-0.2, 0) is 28.6 Å². The SMILES string of the molecule is Cc1ccc(S(=O)(=O)OC(F)OS(=O)(=O)c2ccc(C)cc2)cc1. The lowest BCUT2D eigenvalue weighted by Gasteiger charge is -2.11. The standard InChI is InChI=1S/C15H15FO6S2/c1-11-3-7-13(8-4-11)23(17,18)21-15(16)22-24(19,20)14-9-5-12(2)6-10-14/h3-10,15H,1-2H3. The summed E-state index contributed by atoms with van der Waals surface area (Å²) in [5.41, 5.74) is 1.59. The Bertz CT molecular complexity index is 826. The van der Waals surface area contributed by atoms with E-state index in [0.29, 0.717) is 0 Å². The zero-order chi connectivity index (χ0) is 18.0. The summed E-state index contributed by atoms with van der Waals surface area (Å²) in [5, 5.41) is 0. The summed E-state index contributed by atoms with van der Waals surface area (Å²) in [6, 6.07) is 10.8. The lowest BCUT2D eigenvalue weighted by atomic mass is 10.2. The zero-order valence-corrected chi connectivity index (χ0v) is 14.5. The molecule has 0 aliphatic carbocycles. The predicted octanol–water partition coefficient (Wildman–Crippen LogP) is 2.67. The third kappa shape index (κ3) is 4.60. The molecular weight excluding hydrogens is 359 g/mol. The fourth-order valence-electron chi connectivity index (χ4n) is 1.74. The molecule has 0 bridgehead atoms. The second-order valence-electron chi connectivity index (χ2n) is 5.00. The Morgan fingerprint density at radius 2 is 1.00 bits per heavy atom. The summed E-state index contributed by atoms with van der Waals surface area (Å²) in [4.78, 5) is -0.626. The van der Waals surface area contributed by atoms with Crippen LogP contribution in [0.25, 0.3) is 0 Å². The highest BCUT2D eigenvalue weighted by Gasteiger charge is 2.28. The van der Waals surface area contributed by atoms with Crippen molar-refractivity contribution in [3.8, 4) is 0 Å². The third-order valence-corrected chi connectivity index (χ3v) is 5.53. The number of hydrogen-bond donors (Lipinski definition) is 0. The maximum Gasteiger partial charge on any atom is 0.338 e. The highest BCUT2D eigenvalue weighted by atomic mass is 32.2. The monoisotopic (exact) mass is 374 g/mol. The summed E-state index contributed by atoms with van der Waals surface area (Å²) in [7, 11) is -9.00. The Morgan fingerprint density at radius 3 is 1.29 bits per heavy atom. The van der Waals surface area contributed by atoms with Gasteiger partial charge in [0.15, 0.2) is 0 Å². The molecule has 9 heteroatoms. The van der Waals surface area contributed by atoms with Crippen LogP contribution >= 0.6 is 0 Å². The zero-order valence-electron chi connectivity index (χ0n) is 12.8. The molecule has 0 aliphatic rings. The first-order chi connectivity index (χ1) is 11.1. The Kier molecular flexibility index (Phi) is 5.38. The Morgan fingerprint density at radius 1 is 0.708 bits per heavy atom. The quantitative estimate of drug-likeness (QED) is 0.571. The van der Waals surface area contributed by atoms with Gasteiger partial charge < -0.3 is 0 Å². The van der Waals surface area contributed by atoms with Gasteiger partial charge in [0.1, 0.15) is 0 Å². The smallest absolute Gasteiger partial charge is 0.202 e. The minimum absolute atomic E-state index is 0.313. The van der Waals surface area contributed by atoms with Gasteiger partial charge in [-0.15, -0.1) is 0 Å². The molecule has 6 nitrogen and oxygen atoms in total. The van der Waals surface area contributed by atoms with Crippen LogP contribution < -0.4 is 0 Å². The molecule has 0 atom stereocenters. The Hall–Kier alpha value is -1.81. The molecule has 0 saturated carbocycles. The summed E-state index contributed by atoms with van der Waals surface area (Å²) in [6.07, 6.45) is 0. The maximum absolute atomic E-state index is 13.7. The lowest BCUT2D eigenvalue weighted by molar-refractivity contribution is -0.0892. The van der Waals surface area contributed by atoms with Crippen molar-refractivity contribution in [1.82, 2.24) is 0 Å². The van der Waals surface area contributed by atoms with E-state index in [0.717, 1.165) is 11.1 Å². The van der Waals surface area contributed by atoms with E-state index in [9.17, 15) is 21.2 Å². The first-order valence-electron chi connectivity index (χ1n) is 6.74. The van der Waals surface area contributed by atoms with Crippen molar-refractivity contribution in [2.24, 2.45) is 0 Å². The molecular formula is C15H15FO6S2. The van der Waals surface area contributed by atoms with E-state index in [4.69, 9.17) is 0 Å². The van der Waals surface area contributed by atoms with Gasteiger partial charge in [-0.2, -0.15) is 21.2 Å². The number of alkyl halides is 1. The van der Waals surface area contributed by atoms with Gasteiger partial charge in [-0.1, -0.05) is 35.4 Å². The van der Waals surface area contributed by atoms with Crippen molar-refractivity contribution in [3.05, 3.63) is 59.7 Å². The first-order valence-corrected chi connectivity index (χ1v) is 9.56. The molecule has 0 spiro atoms. The van der Waals surface area contributed by atoms with Gasteiger partial charge in [0.2, 0.25) is 0 Å². The molecule has 0 radical (unpaired) electrons. The molecule has 0 fully saturated rings. The van der Waals surface area contributed by atoms with Gasteiger partial charge >= 0.3 is 26.8 Å². The molecule has 0 unspecified atom stereocenters. The number of halogens is 1. The van der Waals surface area contributed by atoms with Gasteiger partial charge in [0.25, 0.3) is 0 Å². The van der Waals surface area contributed by atoms with Crippen LogP contribution in [0.15, 0.2) is 58.3 Å². The molecule has 24 heavy (non-hydrogen) atoms.